The summed E-state index contributed by atoms with van der Waals surface area (Å²) < 4.78 is 2.69. The first kappa shape index (κ1) is 11.5. The van der Waals surface area contributed by atoms with Gasteiger partial charge < -0.3 is 5.32 Å². The molecular formula is C11H11BrClN3. The Labute approximate surface area is 108 Å². The number of nitrogens with one attached hydrogen (secondary N) is 1. The highest BCUT2D eigenvalue weighted by molar-refractivity contribution is 9.10. The van der Waals surface area contributed by atoms with Crippen LogP contribution in [0.25, 0.3) is 0 Å². The molecule has 0 atom stereocenters. The van der Waals surface area contributed by atoms with Crippen molar-refractivity contribution in [3.05, 3.63) is 45.7 Å². The fourth-order valence-electron chi connectivity index (χ4n) is 1.37. The number of nitrogens with zero attached hydrogens (tertiary/aromatic N) is 2. The lowest BCUT2D eigenvalue weighted by atomic mass is 10.3. The van der Waals surface area contributed by atoms with Crippen LogP contribution >= 0.6 is 27.5 Å². The van der Waals surface area contributed by atoms with E-state index in [2.05, 4.69) is 26.3 Å². The maximum Gasteiger partial charge on any atom is 0.0568 e. The lowest BCUT2D eigenvalue weighted by molar-refractivity contribution is 0.767. The van der Waals surface area contributed by atoms with E-state index in [1.165, 1.54) is 0 Å². The number of aromatic nitrogens is 2. The van der Waals surface area contributed by atoms with Crippen LogP contribution in [0.5, 0.6) is 0 Å². The Kier molecular flexibility index (Phi) is 3.51. The van der Waals surface area contributed by atoms with Crippen molar-refractivity contribution in [3.63, 3.8) is 0 Å². The SMILES string of the molecule is Cn1cc(CNc2ccc(Br)c(Cl)c2)cn1. The van der Waals surface area contributed by atoms with E-state index in [0.717, 1.165) is 22.3 Å². The van der Waals surface area contributed by atoms with Gasteiger partial charge in [0.1, 0.15) is 0 Å². The average molecular weight is 301 g/mol. The number of rotatable bonds is 3. The molecule has 0 saturated heterocycles. The first-order chi connectivity index (χ1) is 7.65. The smallest absolute Gasteiger partial charge is 0.0568 e. The first-order valence-electron chi connectivity index (χ1n) is 4.81. The Morgan fingerprint density at radius 2 is 2.31 bits per heavy atom. The molecule has 1 aromatic carbocycles. The molecule has 1 aromatic heterocycles. The fourth-order valence-corrected chi connectivity index (χ4v) is 1.80. The molecule has 16 heavy (non-hydrogen) atoms. The molecule has 0 aliphatic carbocycles. The maximum atomic E-state index is 6.00. The third kappa shape index (κ3) is 2.77. The molecule has 5 heteroatoms. The molecule has 0 spiro atoms. The van der Waals surface area contributed by atoms with Crippen LogP contribution in [0.2, 0.25) is 5.02 Å². The van der Waals surface area contributed by atoms with E-state index in [0.29, 0.717) is 5.02 Å². The highest BCUT2D eigenvalue weighted by atomic mass is 79.9. The zero-order valence-electron chi connectivity index (χ0n) is 8.74. The van der Waals surface area contributed by atoms with Crippen LogP contribution < -0.4 is 5.32 Å². The largest absolute Gasteiger partial charge is 0.381 e. The highest BCUT2D eigenvalue weighted by Crippen LogP contribution is 2.25. The summed E-state index contributed by atoms with van der Waals surface area (Å²) in [6.07, 6.45) is 3.82. The topological polar surface area (TPSA) is 29.9 Å². The van der Waals surface area contributed by atoms with Gasteiger partial charge in [-0.3, -0.25) is 4.68 Å². The van der Waals surface area contributed by atoms with Gasteiger partial charge in [-0.1, -0.05) is 11.6 Å². The summed E-state index contributed by atoms with van der Waals surface area (Å²) in [5.41, 5.74) is 2.14. The van der Waals surface area contributed by atoms with E-state index in [1.54, 1.807) is 4.68 Å². The first-order valence-corrected chi connectivity index (χ1v) is 5.99. The van der Waals surface area contributed by atoms with Gasteiger partial charge in [0, 0.05) is 35.5 Å². The van der Waals surface area contributed by atoms with Crippen molar-refractivity contribution in [2.75, 3.05) is 5.32 Å². The summed E-state index contributed by atoms with van der Waals surface area (Å²) in [6, 6.07) is 5.79. The molecule has 1 N–H and O–H groups in total. The van der Waals surface area contributed by atoms with Gasteiger partial charge >= 0.3 is 0 Å². The third-order valence-corrected chi connectivity index (χ3v) is 3.41. The van der Waals surface area contributed by atoms with Gasteiger partial charge in [0.2, 0.25) is 0 Å². The molecule has 0 radical (unpaired) electrons. The minimum absolute atomic E-state index is 0.705. The molecule has 0 aliphatic rings. The minimum atomic E-state index is 0.705. The second-order valence-corrected chi connectivity index (χ2v) is 4.77. The molecule has 3 nitrogen and oxygen atoms in total. The standard InChI is InChI=1S/C11H11BrClN3/c1-16-7-8(6-15-16)5-14-9-2-3-10(12)11(13)4-9/h2-4,6-7,14H,5H2,1H3. The minimum Gasteiger partial charge on any atom is -0.381 e. The lowest BCUT2D eigenvalue weighted by Crippen LogP contribution is -1.98. The van der Waals surface area contributed by atoms with E-state index in [9.17, 15) is 0 Å². The van der Waals surface area contributed by atoms with Crippen molar-refractivity contribution >= 4 is 33.2 Å². The molecule has 0 fully saturated rings. The number of aryl methyl sites for hydroxylation is 1. The Morgan fingerprint density at radius 1 is 1.50 bits per heavy atom. The zero-order valence-corrected chi connectivity index (χ0v) is 11.1. The van der Waals surface area contributed by atoms with Gasteiger partial charge in [0.05, 0.1) is 11.2 Å². The predicted octanol–water partition coefficient (Wildman–Crippen LogP) is 3.45. The number of benzene rings is 1. The zero-order chi connectivity index (χ0) is 11.5. The normalized spacial score (nSPS) is 10.4. The Bertz CT molecular complexity index is 496. The molecule has 2 aromatic rings. The van der Waals surface area contributed by atoms with E-state index >= 15 is 0 Å². The van der Waals surface area contributed by atoms with Gasteiger partial charge in [-0.15, -0.1) is 0 Å². The third-order valence-electron chi connectivity index (χ3n) is 2.17. The monoisotopic (exact) mass is 299 g/mol. The second-order valence-electron chi connectivity index (χ2n) is 3.50. The van der Waals surface area contributed by atoms with Gasteiger partial charge in [-0.25, -0.2) is 0 Å². The molecule has 2 rings (SSSR count). The van der Waals surface area contributed by atoms with Crippen LogP contribution in [0.1, 0.15) is 5.56 Å². The van der Waals surface area contributed by atoms with Crippen molar-refractivity contribution in [2.45, 2.75) is 6.54 Å². The summed E-state index contributed by atoms with van der Waals surface area (Å²) in [6.45, 7) is 0.742. The van der Waals surface area contributed by atoms with Gasteiger partial charge in [-0.05, 0) is 34.1 Å². The Morgan fingerprint density at radius 3 is 2.94 bits per heavy atom. The molecule has 0 bridgehead atoms. The summed E-state index contributed by atoms with van der Waals surface area (Å²) >= 11 is 9.35. The van der Waals surface area contributed by atoms with E-state index in [1.807, 2.05) is 37.6 Å². The van der Waals surface area contributed by atoms with Crippen molar-refractivity contribution < 1.29 is 0 Å². The molecule has 0 saturated carbocycles. The van der Waals surface area contributed by atoms with Crippen LogP contribution in [0.4, 0.5) is 5.69 Å². The molecule has 1 heterocycles. The molecule has 0 amide bonds. The summed E-state index contributed by atoms with van der Waals surface area (Å²) in [5, 5.41) is 8.09. The van der Waals surface area contributed by atoms with Crippen LogP contribution in [-0.4, -0.2) is 9.78 Å². The molecule has 84 valence electrons. The summed E-state index contributed by atoms with van der Waals surface area (Å²) in [7, 11) is 1.90. The van der Waals surface area contributed by atoms with E-state index in [4.69, 9.17) is 11.6 Å². The summed E-state index contributed by atoms with van der Waals surface area (Å²) in [4.78, 5) is 0. The van der Waals surface area contributed by atoms with Crippen molar-refractivity contribution in [2.24, 2.45) is 7.05 Å². The Balaban J connectivity index is 2.02. The second kappa shape index (κ2) is 4.89. The maximum absolute atomic E-state index is 6.00. The number of hydrogen-bond donors (Lipinski definition) is 1. The average Bonchev–Trinajstić information content (AvgIpc) is 2.66. The number of anilines is 1. The fraction of sp³-hybridized carbons (Fsp3) is 0.182. The van der Waals surface area contributed by atoms with Gasteiger partial charge in [-0.2, -0.15) is 5.10 Å². The van der Waals surface area contributed by atoms with E-state index < -0.39 is 0 Å². The van der Waals surface area contributed by atoms with E-state index in [-0.39, 0.29) is 0 Å². The van der Waals surface area contributed by atoms with Crippen LogP contribution in [0.15, 0.2) is 35.1 Å². The number of halogens is 2. The Hall–Kier alpha value is -1.00. The van der Waals surface area contributed by atoms with Crippen molar-refractivity contribution in [3.8, 4) is 0 Å². The van der Waals surface area contributed by atoms with Gasteiger partial charge in [0.25, 0.3) is 0 Å². The molecular weight excluding hydrogens is 289 g/mol. The van der Waals surface area contributed by atoms with Crippen LogP contribution in [0, 0.1) is 0 Å². The number of hydrogen-bond acceptors (Lipinski definition) is 2. The van der Waals surface area contributed by atoms with Crippen molar-refractivity contribution in [1.29, 1.82) is 0 Å². The predicted molar refractivity (Wildman–Crippen MR) is 69.7 cm³/mol. The highest BCUT2D eigenvalue weighted by Gasteiger charge is 2.00. The van der Waals surface area contributed by atoms with Gasteiger partial charge in [0.15, 0.2) is 0 Å². The lowest BCUT2D eigenvalue weighted by Gasteiger charge is -2.05. The van der Waals surface area contributed by atoms with Crippen LogP contribution in [0.3, 0.4) is 0 Å². The summed E-state index contributed by atoms with van der Waals surface area (Å²) in [5.74, 6) is 0. The van der Waals surface area contributed by atoms with Crippen LogP contribution in [-0.2, 0) is 13.6 Å². The molecule has 0 unspecified atom stereocenters. The molecule has 0 aliphatic heterocycles. The van der Waals surface area contributed by atoms with Crippen molar-refractivity contribution in [1.82, 2.24) is 9.78 Å². The quantitative estimate of drug-likeness (QED) is 0.941.